The lowest BCUT2D eigenvalue weighted by Crippen LogP contribution is -2.21. The summed E-state index contributed by atoms with van der Waals surface area (Å²) in [5.41, 5.74) is 6.68. The van der Waals surface area contributed by atoms with Crippen LogP contribution in [0.5, 0.6) is 0 Å². The van der Waals surface area contributed by atoms with Crippen molar-refractivity contribution in [3.63, 3.8) is 0 Å². The van der Waals surface area contributed by atoms with Gasteiger partial charge in [-0.15, -0.1) is 11.3 Å². The van der Waals surface area contributed by atoms with Crippen LogP contribution in [0.2, 0.25) is 0 Å². The van der Waals surface area contributed by atoms with Gasteiger partial charge >= 0.3 is 0 Å². The van der Waals surface area contributed by atoms with E-state index in [2.05, 4.69) is 16.3 Å². The van der Waals surface area contributed by atoms with E-state index in [9.17, 15) is 4.39 Å². The Morgan fingerprint density at radius 3 is 2.85 bits per heavy atom. The van der Waals surface area contributed by atoms with E-state index in [-0.39, 0.29) is 11.7 Å². The molecule has 0 unspecified atom stereocenters. The molecule has 106 valence electrons. The number of nitrogen functional groups attached to an aromatic ring is 1. The molecule has 0 atom stereocenters. The average Bonchev–Trinajstić information content (AvgIpc) is 2.88. The number of likely N-dealkylation sites (N-methyl/N-ethyl adjacent to an activating group) is 1. The summed E-state index contributed by atoms with van der Waals surface area (Å²) in [7, 11) is 2.01. The average molecular weight is 291 g/mol. The maximum Gasteiger partial charge on any atom is 0.124 e. The first-order chi connectivity index (χ1) is 9.54. The van der Waals surface area contributed by atoms with Gasteiger partial charge in [0, 0.05) is 23.5 Å². The molecule has 2 rings (SSSR count). The van der Waals surface area contributed by atoms with E-state index in [4.69, 9.17) is 11.1 Å². The summed E-state index contributed by atoms with van der Waals surface area (Å²) in [6.45, 7) is 1.55. The Morgan fingerprint density at radius 2 is 2.20 bits per heavy atom. The van der Waals surface area contributed by atoms with E-state index in [1.165, 1.54) is 17.0 Å². The number of hydrogen-bond donors (Lipinski definition) is 2. The van der Waals surface area contributed by atoms with Crippen LogP contribution < -0.4 is 5.73 Å². The van der Waals surface area contributed by atoms with Crippen LogP contribution >= 0.6 is 11.3 Å². The van der Waals surface area contributed by atoms with Gasteiger partial charge in [-0.05, 0) is 48.7 Å². The second-order valence-electron chi connectivity index (χ2n) is 4.83. The van der Waals surface area contributed by atoms with Crippen molar-refractivity contribution in [1.29, 1.82) is 5.41 Å². The standard InChI is InChI=1S/C15H18FN3S/c1-19(5-4-14-3-2-6-20-14)10-11-7-12(15(17)18)9-13(16)8-11/h2-3,6-9H,4-5,10H2,1H3,(H3,17,18). The number of nitrogens with zero attached hydrogens (tertiary/aromatic N) is 1. The number of halogens is 1. The van der Waals surface area contributed by atoms with E-state index in [0.717, 1.165) is 18.5 Å². The summed E-state index contributed by atoms with van der Waals surface area (Å²) in [6.07, 6.45) is 0.989. The Hall–Kier alpha value is -1.72. The molecule has 5 heteroatoms. The van der Waals surface area contributed by atoms with Gasteiger partial charge in [0.2, 0.25) is 0 Å². The van der Waals surface area contributed by atoms with Crippen LogP contribution in [0.3, 0.4) is 0 Å². The maximum atomic E-state index is 13.5. The van der Waals surface area contributed by atoms with Gasteiger partial charge < -0.3 is 10.6 Å². The molecule has 3 nitrogen and oxygen atoms in total. The van der Waals surface area contributed by atoms with Crippen LogP contribution in [0, 0.1) is 11.2 Å². The molecule has 3 N–H and O–H groups in total. The highest BCUT2D eigenvalue weighted by Gasteiger charge is 2.06. The molecule has 0 saturated carbocycles. The van der Waals surface area contributed by atoms with Crippen molar-refractivity contribution in [2.45, 2.75) is 13.0 Å². The second kappa shape index (κ2) is 6.63. The second-order valence-corrected chi connectivity index (χ2v) is 5.86. The highest BCUT2D eigenvalue weighted by Crippen LogP contribution is 2.13. The third kappa shape index (κ3) is 4.15. The predicted molar refractivity (Wildman–Crippen MR) is 81.8 cm³/mol. The summed E-state index contributed by atoms with van der Waals surface area (Å²) < 4.78 is 13.5. The van der Waals surface area contributed by atoms with Gasteiger partial charge in [-0.25, -0.2) is 4.39 Å². The van der Waals surface area contributed by atoms with Crippen molar-refractivity contribution in [1.82, 2.24) is 4.90 Å². The molecular formula is C15H18FN3S. The maximum absolute atomic E-state index is 13.5. The molecule has 0 amide bonds. The number of hydrogen-bond acceptors (Lipinski definition) is 3. The molecule has 0 aliphatic heterocycles. The van der Waals surface area contributed by atoms with Crippen LogP contribution in [0.15, 0.2) is 35.7 Å². The fourth-order valence-corrected chi connectivity index (χ4v) is 2.74. The van der Waals surface area contributed by atoms with Crippen molar-refractivity contribution < 1.29 is 4.39 Å². The molecule has 0 radical (unpaired) electrons. The molecular weight excluding hydrogens is 273 g/mol. The molecule has 0 aliphatic carbocycles. The molecule has 0 spiro atoms. The van der Waals surface area contributed by atoms with Crippen LogP contribution in [-0.4, -0.2) is 24.3 Å². The zero-order valence-corrected chi connectivity index (χ0v) is 12.2. The Morgan fingerprint density at radius 1 is 1.40 bits per heavy atom. The number of amidine groups is 1. The normalized spacial score (nSPS) is 10.9. The van der Waals surface area contributed by atoms with E-state index >= 15 is 0 Å². The topological polar surface area (TPSA) is 53.1 Å². The minimum Gasteiger partial charge on any atom is -0.384 e. The fourth-order valence-electron chi connectivity index (χ4n) is 2.04. The largest absolute Gasteiger partial charge is 0.384 e. The van der Waals surface area contributed by atoms with Crippen LogP contribution in [0.4, 0.5) is 4.39 Å². The molecule has 20 heavy (non-hydrogen) atoms. The van der Waals surface area contributed by atoms with Crippen molar-refractivity contribution in [3.8, 4) is 0 Å². The minimum atomic E-state index is -0.348. The Labute approximate surface area is 122 Å². The van der Waals surface area contributed by atoms with E-state index in [1.54, 1.807) is 17.4 Å². The van der Waals surface area contributed by atoms with Crippen molar-refractivity contribution >= 4 is 17.2 Å². The van der Waals surface area contributed by atoms with Crippen molar-refractivity contribution in [2.75, 3.05) is 13.6 Å². The van der Waals surface area contributed by atoms with E-state index < -0.39 is 0 Å². The van der Waals surface area contributed by atoms with Crippen molar-refractivity contribution in [2.24, 2.45) is 5.73 Å². The van der Waals surface area contributed by atoms with Crippen LogP contribution in [0.25, 0.3) is 0 Å². The summed E-state index contributed by atoms with van der Waals surface area (Å²) in [4.78, 5) is 3.49. The van der Waals surface area contributed by atoms with Gasteiger partial charge in [0.25, 0.3) is 0 Å². The number of thiophene rings is 1. The molecule has 1 heterocycles. The van der Waals surface area contributed by atoms with Gasteiger partial charge in [-0.3, -0.25) is 5.41 Å². The zero-order valence-electron chi connectivity index (χ0n) is 11.4. The Balaban J connectivity index is 1.96. The number of nitrogens with one attached hydrogen (secondary N) is 1. The minimum absolute atomic E-state index is 0.105. The van der Waals surface area contributed by atoms with Crippen molar-refractivity contribution in [3.05, 3.63) is 57.5 Å². The first-order valence-corrected chi connectivity index (χ1v) is 7.27. The monoisotopic (exact) mass is 291 g/mol. The first kappa shape index (κ1) is 14.7. The lowest BCUT2D eigenvalue weighted by molar-refractivity contribution is 0.331. The highest BCUT2D eigenvalue weighted by atomic mass is 32.1. The van der Waals surface area contributed by atoms with Gasteiger partial charge in [-0.1, -0.05) is 6.07 Å². The lowest BCUT2D eigenvalue weighted by Gasteiger charge is -2.16. The SMILES string of the molecule is CN(CCc1cccs1)Cc1cc(F)cc(C(=N)N)c1. The summed E-state index contributed by atoms with van der Waals surface area (Å²) in [5, 5.41) is 9.46. The fraction of sp³-hybridized carbons (Fsp3) is 0.267. The van der Waals surface area contributed by atoms with Gasteiger partial charge in [0.1, 0.15) is 11.7 Å². The first-order valence-electron chi connectivity index (χ1n) is 6.39. The number of nitrogens with two attached hydrogens (primary N) is 1. The molecule has 2 aromatic rings. The summed E-state index contributed by atoms with van der Waals surface area (Å²) in [5.74, 6) is -0.452. The van der Waals surface area contributed by atoms with Crippen LogP contribution in [-0.2, 0) is 13.0 Å². The zero-order chi connectivity index (χ0) is 14.5. The Bertz CT molecular complexity index is 581. The molecule has 0 saturated heterocycles. The third-order valence-electron chi connectivity index (χ3n) is 3.04. The molecule has 1 aromatic carbocycles. The van der Waals surface area contributed by atoms with E-state index in [0.29, 0.717) is 12.1 Å². The lowest BCUT2D eigenvalue weighted by atomic mass is 10.1. The Kier molecular flexibility index (Phi) is 4.87. The van der Waals surface area contributed by atoms with E-state index in [1.807, 2.05) is 13.1 Å². The quantitative estimate of drug-likeness (QED) is 0.635. The molecule has 0 fully saturated rings. The van der Waals surface area contributed by atoms with Gasteiger partial charge in [0.15, 0.2) is 0 Å². The third-order valence-corrected chi connectivity index (χ3v) is 3.98. The summed E-state index contributed by atoms with van der Waals surface area (Å²) >= 11 is 1.75. The number of benzene rings is 1. The van der Waals surface area contributed by atoms with Gasteiger partial charge in [0.05, 0.1) is 0 Å². The predicted octanol–water partition coefficient (Wildman–Crippen LogP) is 2.85. The highest BCUT2D eigenvalue weighted by molar-refractivity contribution is 7.09. The summed E-state index contributed by atoms with van der Waals surface area (Å²) in [6, 6.07) is 8.72. The molecule has 0 aliphatic rings. The van der Waals surface area contributed by atoms with Crippen LogP contribution in [0.1, 0.15) is 16.0 Å². The van der Waals surface area contributed by atoms with Gasteiger partial charge in [-0.2, -0.15) is 0 Å². The molecule has 0 bridgehead atoms. The number of rotatable bonds is 6. The molecule has 1 aromatic heterocycles. The smallest absolute Gasteiger partial charge is 0.124 e.